The van der Waals surface area contributed by atoms with E-state index in [1.165, 1.54) is 0 Å². The Morgan fingerprint density at radius 2 is 1.39 bits per heavy atom. The number of imide groups is 1. The number of nitrogens with zero attached hydrogens (tertiary/aromatic N) is 2. The number of rotatable bonds is 2. The Bertz CT molecular complexity index is 771. The molecule has 0 N–H and O–H groups in total. The van der Waals surface area contributed by atoms with E-state index in [1.807, 2.05) is 27.7 Å². The molecule has 0 aromatic carbocycles. The van der Waals surface area contributed by atoms with Crippen LogP contribution < -0.4 is 0 Å². The first-order chi connectivity index (χ1) is 13.9. The molecular weight excluding hydrogens is 399 g/mol. The molecule has 9 heteroatoms. The van der Waals surface area contributed by atoms with Crippen molar-refractivity contribution in [1.29, 1.82) is 0 Å². The lowest BCUT2D eigenvalue weighted by atomic mass is 9.76. The lowest BCUT2D eigenvalue weighted by Gasteiger charge is -2.32. The van der Waals surface area contributed by atoms with E-state index in [-0.39, 0.29) is 5.82 Å². The average Bonchev–Trinajstić information content (AvgIpc) is 2.69. The van der Waals surface area contributed by atoms with Gasteiger partial charge in [-0.3, -0.25) is 0 Å². The molecule has 172 valence electrons. The van der Waals surface area contributed by atoms with Crippen LogP contribution in [-0.2, 0) is 18.8 Å². The molecular formula is C22H35BN2O6. The van der Waals surface area contributed by atoms with E-state index in [1.54, 1.807) is 59.9 Å². The first kappa shape index (κ1) is 25.1. The lowest BCUT2D eigenvalue weighted by Crippen LogP contribution is -2.42. The molecule has 0 unspecified atom stereocenters. The highest BCUT2D eigenvalue weighted by atomic mass is 16.7. The third kappa shape index (κ3) is 6.43. The van der Waals surface area contributed by atoms with E-state index in [4.69, 9.17) is 18.8 Å². The molecule has 2 rings (SSSR count). The molecule has 2 heterocycles. The molecule has 0 atom stereocenters. The van der Waals surface area contributed by atoms with E-state index in [2.05, 4.69) is 4.99 Å². The minimum absolute atomic E-state index is 0.0926. The molecule has 0 radical (unpaired) electrons. The quantitative estimate of drug-likeness (QED) is 0.567. The molecule has 0 saturated carbocycles. The van der Waals surface area contributed by atoms with Gasteiger partial charge in [0.15, 0.2) is 0 Å². The second-order valence-electron chi connectivity index (χ2n) is 10.7. The lowest BCUT2D eigenvalue weighted by molar-refractivity contribution is 0.00578. The maximum Gasteiger partial charge on any atom is 0.490 e. The Morgan fingerprint density at radius 3 is 1.81 bits per heavy atom. The summed E-state index contributed by atoms with van der Waals surface area (Å²) in [5.74, 6) is 0.0926. The second-order valence-corrected chi connectivity index (χ2v) is 10.7. The van der Waals surface area contributed by atoms with Gasteiger partial charge in [-0.15, -0.1) is 0 Å². The predicted molar refractivity (Wildman–Crippen MR) is 120 cm³/mol. The van der Waals surface area contributed by atoms with Crippen molar-refractivity contribution in [1.82, 2.24) is 4.90 Å². The predicted octanol–water partition coefficient (Wildman–Crippen LogP) is 5.03. The summed E-state index contributed by atoms with van der Waals surface area (Å²) < 4.78 is 23.0. The fourth-order valence-corrected chi connectivity index (χ4v) is 2.72. The summed E-state index contributed by atoms with van der Waals surface area (Å²) in [6, 6.07) is 0. The monoisotopic (exact) mass is 434 g/mol. The fourth-order valence-electron chi connectivity index (χ4n) is 2.72. The third-order valence-electron chi connectivity index (χ3n) is 4.93. The summed E-state index contributed by atoms with van der Waals surface area (Å²) in [4.78, 5) is 30.8. The smallest absolute Gasteiger partial charge is 0.443 e. The minimum atomic E-state index is -0.863. The molecule has 2 aliphatic rings. The van der Waals surface area contributed by atoms with Crippen LogP contribution in [0.4, 0.5) is 9.59 Å². The van der Waals surface area contributed by atoms with Gasteiger partial charge in [0, 0.05) is 12.6 Å². The Balaban J connectivity index is 2.35. The molecule has 31 heavy (non-hydrogen) atoms. The first-order valence-corrected chi connectivity index (χ1v) is 10.5. The first-order valence-electron chi connectivity index (χ1n) is 10.5. The van der Waals surface area contributed by atoms with Crippen molar-refractivity contribution in [2.24, 2.45) is 4.99 Å². The van der Waals surface area contributed by atoms with Crippen LogP contribution in [0.3, 0.4) is 0 Å². The van der Waals surface area contributed by atoms with Crippen LogP contribution in [0.2, 0.25) is 0 Å². The summed E-state index contributed by atoms with van der Waals surface area (Å²) in [5.41, 5.74) is -1.72. The summed E-state index contributed by atoms with van der Waals surface area (Å²) in [7, 11) is -0.552. The summed E-state index contributed by atoms with van der Waals surface area (Å²) in [6.07, 6.45) is 3.64. The van der Waals surface area contributed by atoms with E-state index in [0.717, 1.165) is 10.4 Å². The van der Waals surface area contributed by atoms with Gasteiger partial charge < -0.3 is 18.8 Å². The summed E-state index contributed by atoms with van der Waals surface area (Å²) in [6.45, 7) is 18.2. The van der Waals surface area contributed by atoms with Crippen LogP contribution in [0.15, 0.2) is 28.4 Å². The third-order valence-corrected chi connectivity index (χ3v) is 4.93. The van der Waals surface area contributed by atoms with Gasteiger partial charge in [-0.25, -0.2) is 14.6 Å². The van der Waals surface area contributed by atoms with Crippen LogP contribution in [0, 0.1) is 0 Å². The fraction of sp³-hybridized carbons (Fsp3) is 0.682. The highest BCUT2D eigenvalue weighted by Crippen LogP contribution is 2.39. The van der Waals surface area contributed by atoms with Crippen molar-refractivity contribution in [2.45, 2.75) is 98.1 Å². The molecule has 0 aromatic rings. The van der Waals surface area contributed by atoms with Gasteiger partial charge in [0.25, 0.3) is 0 Å². The van der Waals surface area contributed by atoms with Crippen molar-refractivity contribution in [2.75, 3.05) is 0 Å². The number of carbonyl (C=O) groups is 2. The van der Waals surface area contributed by atoms with Gasteiger partial charge in [0.2, 0.25) is 0 Å². The maximum atomic E-state index is 12.8. The standard InChI is InChI=1S/C22H35BN2O6/c1-19(2,3)28-17(26)25(18(27)29-20(4,5)6)16-12-11-15(13-14-24-16)23-30-21(7,8)22(9,10)31-23/h11-12,14H,13H2,1-10H3. The topological polar surface area (TPSA) is 86.7 Å². The summed E-state index contributed by atoms with van der Waals surface area (Å²) >= 11 is 0. The molecule has 0 spiro atoms. The number of hydrogen-bond acceptors (Lipinski definition) is 7. The van der Waals surface area contributed by atoms with Crippen molar-refractivity contribution < 1.29 is 28.4 Å². The normalized spacial score (nSPS) is 20.5. The van der Waals surface area contributed by atoms with E-state index >= 15 is 0 Å². The van der Waals surface area contributed by atoms with Gasteiger partial charge in [-0.05, 0) is 80.8 Å². The Morgan fingerprint density at radius 1 is 0.935 bits per heavy atom. The van der Waals surface area contributed by atoms with E-state index < -0.39 is 41.7 Å². The molecule has 0 bridgehead atoms. The van der Waals surface area contributed by atoms with Crippen molar-refractivity contribution in [3.05, 3.63) is 23.4 Å². The van der Waals surface area contributed by atoms with E-state index in [0.29, 0.717) is 6.42 Å². The number of allylic oxidation sites excluding steroid dienone is 3. The van der Waals surface area contributed by atoms with Crippen LogP contribution >= 0.6 is 0 Å². The maximum absolute atomic E-state index is 12.8. The van der Waals surface area contributed by atoms with Gasteiger partial charge in [-0.1, -0.05) is 6.08 Å². The van der Waals surface area contributed by atoms with Crippen molar-refractivity contribution >= 4 is 25.5 Å². The molecule has 0 aliphatic carbocycles. The Hall–Kier alpha value is -2.13. The number of hydrogen-bond donors (Lipinski definition) is 0. The van der Waals surface area contributed by atoms with Crippen molar-refractivity contribution in [3.63, 3.8) is 0 Å². The SMILES string of the molecule is CC(C)(C)OC(=O)N(C(=O)OC(C)(C)C)C1=CC=C(B2OC(C)(C)C(C)(C)O2)CC=N1. The Kier molecular flexibility index (Phi) is 6.83. The van der Waals surface area contributed by atoms with Crippen LogP contribution in [0.1, 0.15) is 75.7 Å². The number of aliphatic imine (C=N–C) groups is 1. The molecule has 1 fully saturated rings. The highest BCUT2D eigenvalue weighted by Gasteiger charge is 2.52. The zero-order chi connectivity index (χ0) is 23.8. The second kappa shape index (κ2) is 8.43. The minimum Gasteiger partial charge on any atom is -0.443 e. The number of amides is 2. The van der Waals surface area contributed by atoms with Crippen molar-refractivity contribution in [3.8, 4) is 0 Å². The molecule has 2 aliphatic heterocycles. The summed E-state index contributed by atoms with van der Waals surface area (Å²) in [5, 5.41) is 0. The molecule has 0 aromatic heterocycles. The Labute approximate surface area is 185 Å². The molecule has 2 amide bonds. The number of ether oxygens (including phenoxy) is 2. The van der Waals surface area contributed by atoms with Gasteiger partial charge >= 0.3 is 19.3 Å². The van der Waals surface area contributed by atoms with Gasteiger partial charge in [0.05, 0.1) is 11.2 Å². The molecule has 8 nitrogen and oxygen atoms in total. The van der Waals surface area contributed by atoms with Gasteiger partial charge in [-0.2, -0.15) is 4.90 Å². The van der Waals surface area contributed by atoms with E-state index in [9.17, 15) is 9.59 Å². The number of carbonyl (C=O) groups excluding carboxylic acids is 2. The van der Waals surface area contributed by atoms with Gasteiger partial charge in [0.1, 0.15) is 17.0 Å². The zero-order valence-corrected chi connectivity index (χ0v) is 20.4. The largest absolute Gasteiger partial charge is 0.490 e. The molecule has 1 saturated heterocycles. The van der Waals surface area contributed by atoms with Crippen LogP contribution in [0.5, 0.6) is 0 Å². The van der Waals surface area contributed by atoms with Crippen LogP contribution in [-0.4, -0.2) is 52.8 Å². The zero-order valence-electron chi connectivity index (χ0n) is 20.4. The van der Waals surface area contributed by atoms with Crippen LogP contribution in [0.25, 0.3) is 0 Å². The highest BCUT2D eigenvalue weighted by molar-refractivity contribution is 6.55. The average molecular weight is 434 g/mol.